The van der Waals surface area contributed by atoms with Gasteiger partial charge in [0.25, 0.3) is 5.91 Å². The van der Waals surface area contributed by atoms with Gasteiger partial charge in [-0.3, -0.25) is 4.79 Å². The monoisotopic (exact) mass is 458 g/mol. The first-order valence-electron chi connectivity index (χ1n) is 8.49. The topological polar surface area (TPSA) is 60.5 Å². The zero-order valence-electron chi connectivity index (χ0n) is 15.4. The molecule has 2 aromatic carbocycles. The molecule has 0 fully saturated rings. The van der Waals surface area contributed by atoms with Crippen LogP contribution in [0.25, 0.3) is 0 Å². The van der Waals surface area contributed by atoms with Crippen molar-refractivity contribution in [2.45, 2.75) is 16.5 Å². The number of pyridine rings is 1. The van der Waals surface area contributed by atoms with E-state index in [1.54, 1.807) is 26.5 Å². The Morgan fingerprint density at radius 3 is 2.61 bits per heavy atom. The summed E-state index contributed by atoms with van der Waals surface area (Å²) in [6, 6.07) is 16.9. The van der Waals surface area contributed by atoms with Crippen molar-refractivity contribution in [3.05, 3.63) is 76.4 Å². The second-order valence-corrected chi connectivity index (χ2v) is 7.73. The smallest absolute Gasteiger partial charge is 0.252 e. The molecule has 0 saturated carbocycles. The minimum absolute atomic E-state index is 0.162. The lowest BCUT2D eigenvalue weighted by Crippen LogP contribution is -2.23. The van der Waals surface area contributed by atoms with Gasteiger partial charge in [0.15, 0.2) is 11.5 Å². The van der Waals surface area contributed by atoms with Gasteiger partial charge in [0.1, 0.15) is 5.03 Å². The molecule has 0 radical (unpaired) electrons. The largest absolute Gasteiger partial charge is 0.493 e. The fourth-order valence-corrected chi connectivity index (χ4v) is 3.76. The molecule has 5 nitrogen and oxygen atoms in total. The molecule has 3 aromatic rings. The summed E-state index contributed by atoms with van der Waals surface area (Å²) in [6.07, 6.45) is 1.74. The molecule has 7 heteroatoms. The second-order valence-electron chi connectivity index (χ2n) is 5.75. The van der Waals surface area contributed by atoms with Gasteiger partial charge < -0.3 is 14.8 Å². The van der Waals surface area contributed by atoms with Crippen molar-refractivity contribution in [2.24, 2.45) is 0 Å². The molecular weight excluding hydrogens is 440 g/mol. The highest BCUT2D eigenvalue weighted by Gasteiger charge is 2.14. The minimum Gasteiger partial charge on any atom is -0.493 e. The van der Waals surface area contributed by atoms with Crippen LogP contribution in [0.3, 0.4) is 0 Å². The predicted molar refractivity (Wildman–Crippen MR) is 113 cm³/mol. The molecule has 1 heterocycles. The number of para-hydroxylation sites is 1. The number of aromatic nitrogens is 1. The third-order valence-electron chi connectivity index (χ3n) is 3.97. The number of amides is 1. The fraction of sp³-hybridized carbons (Fsp3) is 0.143. The number of carbonyl (C=O) groups excluding carboxylic acids is 1. The molecular formula is C21H19BrN2O3S. The molecule has 0 spiro atoms. The molecule has 0 aliphatic heterocycles. The van der Waals surface area contributed by atoms with Crippen molar-refractivity contribution in [3.8, 4) is 11.5 Å². The molecule has 1 amide bonds. The van der Waals surface area contributed by atoms with E-state index in [1.807, 2.05) is 48.5 Å². The Balaban J connectivity index is 1.76. The molecule has 1 N–H and O–H groups in total. The van der Waals surface area contributed by atoms with Gasteiger partial charge in [-0.1, -0.05) is 36.0 Å². The Morgan fingerprint density at radius 1 is 1.07 bits per heavy atom. The standard InChI is InChI=1S/C21H19BrN2O3S/c1-26-17-8-5-6-14(20(17)27-2)12-24-21(25)16-7-3-4-9-18(16)28-19-11-10-15(22)13-23-19/h3-11,13H,12H2,1-2H3,(H,24,25). The molecule has 28 heavy (non-hydrogen) atoms. The van der Waals surface area contributed by atoms with E-state index in [0.717, 1.165) is 20.0 Å². The first kappa shape index (κ1) is 20.2. The molecule has 1 aromatic heterocycles. The van der Waals surface area contributed by atoms with Crippen LogP contribution in [0.5, 0.6) is 11.5 Å². The van der Waals surface area contributed by atoms with Gasteiger partial charge in [0, 0.05) is 27.7 Å². The SMILES string of the molecule is COc1cccc(CNC(=O)c2ccccc2Sc2ccc(Br)cn2)c1OC. The van der Waals surface area contributed by atoms with Gasteiger partial charge in [0.2, 0.25) is 0 Å². The number of methoxy groups -OCH3 is 2. The highest BCUT2D eigenvalue weighted by atomic mass is 79.9. The molecule has 0 atom stereocenters. The summed E-state index contributed by atoms with van der Waals surface area (Å²) in [5.74, 6) is 1.09. The highest BCUT2D eigenvalue weighted by Crippen LogP contribution is 2.31. The lowest BCUT2D eigenvalue weighted by molar-refractivity contribution is 0.0947. The molecule has 3 rings (SSSR count). The van der Waals surface area contributed by atoms with E-state index in [1.165, 1.54) is 11.8 Å². The normalized spacial score (nSPS) is 10.4. The van der Waals surface area contributed by atoms with Crippen LogP contribution >= 0.6 is 27.7 Å². The first-order valence-corrected chi connectivity index (χ1v) is 10.1. The maximum absolute atomic E-state index is 12.8. The van der Waals surface area contributed by atoms with Crippen LogP contribution in [0.15, 0.2) is 75.2 Å². The number of nitrogens with zero attached hydrogens (tertiary/aromatic N) is 1. The highest BCUT2D eigenvalue weighted by molar-refractivity contribution is 9.10. The summed E-state index contributed by atoms with van der Waals surface area (Å²) in [5.41, 5.74) is 1.44. The lowest BCUT2D eigenvalue weighted by atomic mass is 10.1. The molecule has 144 valence electrons. The van der Waals surface area contributed by atoms with Crippen LogP contribution < -0.4 is 14.8 Å². The van der Waals surface area contributed by atoms with Gasteiger partial charge in [-0.2, -0.15) is 0 Å². The third kappa shape index (κ3) is 4.85. The number of hydrogen-bond acceptors (Lipinski definition) is 5. The van der Waals surface area contributed by atoms with Gasteiger partial charge in [-0.05, 0) is 46.3 Å². The van der Waals surface area contributed by atoms with Crippen LogP contribution in [0.4, 0.5) is 0 Å². The first-order chi connectivity index (χ1) is 13.6. The Labute approximate surface area is 176 Å². The van der Waals surface area contributed by atoms with Crippen LogP contribution in [0.2, 0.25) is 0 Å². The number of carbonyl (C=O) groups is 1. The van der Waals surface area contributed by atoms with Crippen molar-refractivity contribution >= 4 is 33.6 Å². The third-order valence-corrected chi connectivity index (χ3v) is 5.47. The van der Waals surface area contributed by atoms with E-state index in [9.17, 15) is 4.79 Å². The van der Waals surface area contributed by atoms with Crippen LogP contribution in [0, 0.1) is 0 Å². The van der Waals surface area contributed by atoms with Gasteiger partial charge in [-0.15, -0.1) is 0 Å². The molecule has 0 aliphatic rings. The van der Waals surface area contributed by atoms with E-state index >= 15 is 0 Å². The van der Waals surface area contributed by atoms with Crippen molar-refractivity contribution in [1.29, 1.82) is 0 Å². The Hall–Kier alpha value is -2.51. The number of nitrogens with one attached hydrogen (secondary N) is 1. The Morgan fingerprint density at radius 2 is 1.89 bits per heavy atom. The summed E-state index contributed by atoms with van der Waals surface area (Å²) < 4.78 is 11.6. The molecule has 0 aliphatic carbocycles. The van der Waals surface area contributed by atoms with E-state index < -0.39 is 0 Å². The maximum Gasteiger partial charge on any atom is 0.252 e. The molecule has 0 unspecified atom stereocenters. The summed E-state index contributed by atoms with van der Waals surface area (Å²) in [4.78, 5) is 18.0. The van der Waals surface area contributed by atoms with Crippen molar-refractivity contribution in [3.63, 3.8) is 0 Å². The van der Waals surface area contributed by atoms with E-state index in [4.69, 9.17) is 9.47 Å². The predicted octanol–water partition coefficient (Wildman–Crippen LogP) is 4.94. The number of halogens is 1. The van der Waals surface area contributed by atoms with E-state index in [-0.39, 0.29) is 5.91 Å². The quantitative estimate of drug-likeness (QED) is 0.542. The van der Waals surface area contributed by atoms with E-state index in [2.05, 4.69) is 26.2 Å². The van der Waals surface area contributed by atoms with Crippen LogP contribution in [0.1, 0.15) is 15.9 Å². The zero-order valence-corrected chi connectivity index (χ0v) is 17.8. The van der Waals surface area contributed by atoms with Crippen molar-refractivity contribution in [1.82, 2.24) is 10.3 Å². The average Bonchev–Trinajstić information content (AvgIpc) is 2.73. The lowest BCUT2D eigenvalue weighted by Gasteiger charge is -2.14. The Kier molecular flexibility index (Phi) is 6.95. The number of ether oxygens (including phenoxy) is 2. The summed E-state index contributed by atoms with van der Waals surface area (Å²) in [6.45, 7) is 0.328. The average molecular weight is 459 g/mol. The zero-order chi connectivity index (χ0) is 19.9. The van der Waals surface area contributed by atoms with Gasteiger partial charge in [0.05, 0.1) is 19.8 Å². The van der Waals surface area contributed by atoms with E-state index in [0.29, 0.717) is 23.6 Å². The summed E-state index contributed by atoms with van der Waals surface area (Å²) in [7, 11) is 3.17. The van der Waals surface area contributed by atoms with Crippen LogP contribution in [-0.2, 0) is 6.54 Å². The summed E-state index contributed by atoms with van der Waals surface area (Å²) in [5, 5.41) is 3.78. The Bertz CT molecular complexity index is 964. The number of benzene rings is 2. The molecule has 0 bridgehead atoms. The minimum atomic E-state index is -0.162. The number of hydrogen-bond donors (Lipinski definition) is 1. The number of rotatable bonds is 7. The van der Waals surface area contributed by atoms with Crippen molar-refractivity contribution in [2.75, 3.05) is 14.2 Å². The maximum atomic E-state index is 12.8. The second kappa shape index (κ2) is 9.61. The molecule has 0 saturated heterocycles. The van der Waals surface area contributed by atoms with Gasteiger partial charge in [-0.25, -0.2) is 4.98 Å². The van der Waals surface area contributed by atoms with Gasteiger partial charge >= 0.3 is 0 Å². The fourth-order valence-electron chi connectivity index (χ4n) is 2.64. The van der Waals surface area contributed by atoms with Crippen molar-refractivity contribution < 1.29 is 14.3 Å². The van der Waals surface area contributed by atoms with Crippen LogP contribution in [-0.4, -0.2) is 25.1 Å². The summed E-state index contributed by atoms with van der Waals surface area (Å²) >= 11 is 4.83.